The maximum atomic E-state index is 12.3. The van der Waals surface area contributed by atoms with Gasteiger partial charge in [0.15, 0.2) is 5.75 Å². The number of anilines is 3. The van der Waals surface area contributed by atoms with E-state index >= 15 is 0 Å². The van der Waals surface area contributed by atoms with Crippen molar-refractivity contribution in [1.82, 2.24) is 4.90 Å². The van der Waals surface area contributed by atoms with E-state index in [0.717, 1.165) is 32.1 Å². The molecule has 0 bridgehead atoms. The fourth-order valence-electron chi connectivity index (χ4n) is 3.74. The van der Waals surface area contributed by atoms with Crippen molar-refractivity contribution in [2.45, 2.75) is 44.6 Å². The zero-order valence-electron chi connectivity index (χ0n) is 16.2. The summed E-state index contributed by atoms with van der Waals surface area (Å²) in [7, 11) is 3.09. The summed E-state index contributed by atoms with van der Waals surface area (Å²) in [6.07, 6.45) is 4.88. The lowest BCUT2D eigenvalue weighted by Gasteiger charge is -2.31. The molecule has 0 unspecified atom stereocenters. The van der Waals surface area contributed by atoms with Crippen LogP contribution >= 0.6 is 11.6 Å². The third-order valence-corrected chi connectivity index (χ3v) is 5.86. The van der Waals surface area contributed by atoms with Crippen molar-refractivity contribution in [3.05, 3.63) is 43.2 Å². The molecule has 2 aromatic rings. The SMILES string of the molecule is CCC1(Nc2c(Nc3ccc(Cl)c(C(=O)N(C)C)c3O)c(=O)c2=O)CCCC1. The first-order valence-electron chi connectivity index (χ1n) is 9.32. The molecule has 0 spiro atoms. The van der Waals surface area contributed by atoms with E-state index in [9.17, 15) is 19.5 Å². The summed E-state index contributed by atoms with van der Waals surface area (Å²) in [6.45, 7) is 2.06. The van der Waals surface area contributed by atoms with Crippen LogP contribution in [0, 0.1) is 0 Å². The molecule has 0 saturated heterocycles. The van der Waals surface area contributed by atoms with Gasteiger partial charge in [-0.1, -0.05) is 31.4 Å². The number of amides is 1. The molecule has 7 nitrogen and oxygen atoms in total. The molecule has 150 valence electrons. The molecule has 1 fully saturated rings. The van der Waals surface area contributed by atoms with E-state index in [1.807, 2.05) is 0 Å². The highest BCUT2D eigenvalue weighted by Crippen LogP contribution is 2.39. The summed E-state index contributed by atoms with van der Waals surface area (Å²) in [5.41, 5.74) is -0.990. The maximum absolute atomic E-state index is 12.3. The minimum atomic E-state index is -0.651. The lowest BCUT2D eigenvalue weighted by molar-refractivity contribution is 0.0825. The largest absolute Gasteiger partial charge is 0.505 e. The fraction of sp³-hybridized carbons (Fsp3) is 0.450. The van der Waals surface area contributed by atoms with Crippen LogP contribution in [-0.4, -0.2) is 35.5 Å². The molecule has 0 aromatic heterocycles. The van der Waals surface area contributed by atoms with Crippen molar-refractivity contribution in [1.29, 1.82) is 0 Å². The molecule has 1 aliphatic rings. The van der Waals surface area contributed by atoms with Crippen molar-refractivity contribution >= 4 is 34.6 Å². The monoisotopic (exact) mass is 405 g/mol. The third kappa shape index (κ3) is 3.35. The zero-order valence-corrected chi connectivity index (χ0v) is 16.9. The van der Waals surface area contributed by atoms with Crippen LogP contribution in [0.4, 0.5) is 17.1 Å². The van der Waals surface area contributed by atoms with Gasteiger partial charge in [0.05, 0.1) is 10.7 Å². The zero-order chi connectivity index (χ0) is 20.6. The van der Waals surface area contributed by atoms with Gasteiger partial charge in [0.1, 0.15) is 16.9 Å². The van der Waals surface area contributed by atoms with E-state index in [1.54, 1.807) is 14.1 Å². The first-order valence-corrected chi connectivity index (χ1v) is 9.70. The van der Waals surface area contributed by atoms with Crippen LogP contribution in [0.15, 0.2) is 21.7 Å². The van der Waals surface area contributed by atoms with Gasteiger partial charge in [-0.2, -0.15) is 0 Å². The molecular weight excluding hydrogens is 382 g/mol. The Morgan fingerprint density at radius 2 is 1.79 bits per heavy atom. The Kier molecular flexibility index (Phi) is 5.39. The summed E-state index contributed by atoms with van der Waals surface area (Å²) in [6, 6.07) is 2.93. The van der Waals surface area contributed by atoms with Gasteiger partial charge in [-0.15, -0.1) is 0 Å². The fourth-order valence-corrected chi connectivity index (χ4v) is 3.98. The number of benzene rings is 1. The predicted octanol–water partition coefficient (Wildman–Crippen LogP) is 3.22. The smallest absolute Gasteiger partial charge is 0.258 e. The normalized spacial score (nSPS) is 15.6. The summed E-state index contributed by atoms with van der Waals surface area (Å²) >= 11 is 6.08. The molecule has 1 saturated carbocycles. The third-order valence-electron chi connectivity index (χ3n) is 5.54. The van der Waals surface area contributed by atoms with Crippen LogP contribution in [0.25, 0.3) is 0 Å². The number of phenols is 1. The van der Waals surface area contributed by atoms with Gasteiger partial charge in [-0.3, -0.25) is 14.4 Å². The summed E-state index contributed by atoms with van der Waals surface area (Å²) in [5.74, 6) is -0.832. The Bertz CT molecular complexity index is 986. The average Bonchev–Trinajstić information content (AvgIpc) is 3.14. The van der Waals surface area contributed by atoms with E-state index in [-0.39, 0.29) is 38.9 Å². The first kappa shape index (κ1) is 20.2. The van der Waals surface area contributed by atoms with Gasteiger partial charge < -0.3 is 20.6 Å². The highest BCUT2D eigenvalue weighted by molar-refractivity contribution is 6.34. The second-order valence-corrected chi connectivity index (χ2v) is 7.92. The van der Waals surface area contributed by atoms with Gasteiger partial charge in [-0.05, 0) is 31.4 Å². The maximum Gasteiger partial charge on any atom is 0.258 e. The van der Waals surface area contributed by atoms with Gasteiger partial charge in [-0.25, -0.2) is 0 Å². The Hall–Kier alpha value is -2.54. The lowest BCUT2D eigenvalue weighted by Crippen LogP contribution is -2.43. The summed E-state index contributed by atoms with van der Waals surface area (Å²) < 4.78 is 0. The molecule has 1 aliphatic carbocycles. The number of hydrogen-bond donors (Lipinski definition) is 3. The number of hydrogen-bond acceptors (Lipinski definition) is 6. The molecule has 0 atom stereocenters. The van der Waals surface area contributed by atoms with Crippen LogP contribution in [0.2, 0.25) is 5.02 Å². The minimum absolute atomic E-state index is 0.0642. The van der Waals surface area contributed by atoms with Crippen LogP contribution in [0.3, 0.4) is 0 Å². The average molecular weight is 406 g/mol. The van der Waals surface area contributed by atoms with Crippen LogP contribution in [-0.2, 0) is 0 Å². The number of rotatable bonds is 6. The molecule has 0 heterocycles. The molecule has 8 heteroatoms. The quantitative estimate of drug-likeness (QED) is 0.504. The van der Waals surface area contributed by atoms with E-state index < -0.39 is 16.8 Å². The molecular formula is C20H24ClN3O4. The van der Waals surface area contributed by atoms with Gasteiger partial charge in [0.25, 0.3) is 16.8 Å². The Balaban J connectivity index is 1.95. The second kappa shape index (κ2) is 7.47. The number of nitrogens with one attached hydrogen (secondary N) is 2. The van der Waals surface area contributed by atoms with Crippen molar-refractivity contribution in [3.8, 4) is 5.75 Å². The standard InChI is InChI=1S/C20H24ClN3O4/c1-4-20(9-5-6-10-20)23-15-14(17(26)18(15)27)22-12-8-7-11(21)13(16(12)25)19(28)24(2)3/h7-8,22-23,25H,4-6,9-10H2,1-3H3. The number of halogens is 1. The van der Waals surface area contributed by atoms with Crippen molar-refractivity contribution < 1.29 is 9.90 Å². The summed E-state index contributed by atoms with van der Waals surface area (Å²) in [5, 5.41) is 16.7. The topological polar surface area (TPSA) is 98.7 Å². The van der Waals surface area contributed by atoms with Gasteiger partial charge in [0, 0.05) is 19.6 Å². The first-order chi connectivity index (χ1) is 13.2. The number of aromatic hydroxyl groups is 1. The van der Waals surface area contributed by atoms with E-state index in [1.165, 1.54) is 17.0 Å². The van der Waals surface area contributed by atoms with Crippen LogP contribution < -0.4 is 21.5 Å². The lowest BCUT2D eigenvalue weighted by atomic mass is 9.93. The second-order valence-electron chi connectivity index (χ2n) is 7.52. The van der Waals surface area contributed by atoms with Crippen molar-refractivity contribution in [2.24, 2.45) is 0 Å². The molecule has 1 amide bonds. The van der Waals surface area contributed by atoms with Gasteiger partial charge in [0.2, 0.25) is 0 Å². The number of carbonyl (C=O) groups is 1. The molecule has 28 heavy (non-hydrogen) atoms. The molecule has 0 aliphatic heterocycles. The highest BCUT2D eigenvalue weighted by Gasteiger charge is 2.35. The Morgan fingerprint density at radius 1 is 1.18 bits per heavy atom. The molecule has 3 rings (SSSR count). The van der Waals surface area contributed by atoms with Crippen molar-refractivity contribution in [3.63, 3.8) is 0 Å². The predicted molar refractivity (Wildman–Crippen MR) is 111 cm³/mol. The Morgan fingerprint density at radius 3 is 2.36 bits per heavy atom. The molecule has 0 radical (unpaired) electrons. The van der Waals surface area contributed by atoms with E-state index in [0.29, 0.717) is 0 Å². The number of nitrogens with zero attached hydrogens (tertiary/aromatic N) is 1. The van der Waals surface area contributed by atoms with E-state index in [4.69, 9.17) is 11.6 Å². The van der Waals surface area contributed by atoms with E-state index in [2.05, 4.69) is 17.6 Å². The number of phenolic OH excluding ortho intramolecular Hbond substituents is 1. The number of carbonyl (C=O) groups excluding carboxylic acids is 1. The van der Waals surface area contributed by atoms with Gasteiger partial charge >= 0.3 is 0 Å². The highest BCUT2D eigenvalue weighted by atomic mass is 35.5. The minimum Gasteiger partial charge on any atom is -0.505 e. The molecule has 2 aromatic carbocycles. The summed E-state index contributed by atoms with van der Waals surface area (Å²) in [4.78, 5) is 37.9. The van der Waals surface area contributed by atoms with Crippen molar-refractivity contribution in [2.75, 3.05) is 24.7 Å². The van der Waals surface area contributed by atoms with Crippen LogP contribution in [0.1, 0.15) is 49.4 Å². The molecule has 3 N–H and O–H groups in total. The Labute approximate surface area is 168 Å². The van der Waals surface area contributed by atoms with Crippen LogP contribution in [0.5, 0.6) is 5.75 Å².